The minimum absolute atomic E-state index is 0.929. The van der Waals surface area contributed by atoms with Crippen LogP contribution in [0.2, 0.25) is 0 Å². The lowest BCUT2D eigenvalue weighted by atomic mass is 10.4. The predicted octanol–water partition coefficient (Wildman–Crippen LogP) is 2.36. The van der Waals surface area contributed by atoms with E-state index in [0.29, 0.717) is 0 Å². The van der Waals surface area contributed by atoms with Gasteiger partial charge in [0.2, 0.25) is 0 Å². The van der Waals surface area contributed by atoms with Crippen molar-refractivity contribution in [3.63, 3.8) is 0 Å². The van der Waals surface area contributed by atoms with Gasteiger partial charge in [-0.05, 0) is 25.1 Å². The highest BCUT2D eigenvalue weighted by atomic mass is 14.7. The van der Waals surface area contributed by atoms with E-state index in [-0.39, 0.29) is 0 Å². The Morgan fingerprint density at radius 3 is 2.73 bits per heavy atom. The van der Waals surface area contributed by atoms with Gasteiger partial charge in [0.1, 0.15) is 0 Å². The van der Waals surface area contributed by atoms with Gasteiger partial charge in [-0.3, -0.25) is 9.98 Å². The molecule has 0 radical (unpaired) electrons. The van der Waals surface area contributed by atoms with Crippen LogP contribution in [0.5, 0.6) is 0 Å². The number of pyridine rings is 1. The fourth-order valence-electron chi connectivity index (χ4n) is 0.645. The number of aliphatic imine (C=N–C) groups is 1. The van der Waals surface area contributed by atoms with Gasteiger partial charge in [0.25, 0.3) is 0 Å². The number of nitrogens with zero attached hydrogens (tertiary/aromatic N) is 2. The van der Waals surface area contributed by atoms with Crippen LogP contribution < -0.4 is 0 Å². The standard InChI is InChI=1S/C9H10N2/c1-2-3-6-11-9-4-7-10-8-5-9/h2-8H,1H3/b3-2-,11-6?. The zero-order valence-corrected chi connectivity index (χ0v) is 6.44. The Hall–Kier alpha value is -1.44. The first-order chi connectivity index (χ1) is 5.43. The van der Waals surface area contributed by atoms with Crippen molar-refractivity contribution in [1.82, 2.24) is 4.98 Å². The molecule has 2 heteroatoms. The lowest BCUT2D eigenvalue weighted by Crippen LogP contribution is -1.68. The third-order valence-corrected chi connectivity index (χ3v) is 1.16. The summed E-state index contributed by atoms with van der Waals surface area (Å²) in [4.78, 5) is 8.03. The Morgan fingerprint density at radius 1 is 1.36 bits per heavy atom. The van der Waals surface area contributed by atoms with Crippen molar-refractivity contribution in [2.75, 3.05) is 0 Å². The molecule has 0 saturated heterocycles. The third kappa shape index (κ3) is 2.76. The Kier molecular flexibility index (Phi) is 3.06. The molecule has 1 rings (SSSR count). The normalized spacial score (nSPS) is 11.4. The molecule has 0 amide bonds. The van der Waals surface area contributed by atoms with Gasteiger partial charge in [0.15, 0.2) is 0 Å². The van der Waals surface area contributed by atoms with Crippen LogP contribution in [0.3, 0.4) is 0 Å². The van der Waals surface area contributed by atoms with Crippen LogP contribution in [-0.2, 0) is 0 Å². The molecule has 0 aliphatic carbocycles. The molecule has 0 atom stereocenters. The zero-order chi connectivity index (χ0) is 7.94. The van der Waals surface area contributed by atoms with E-state index >= 15 is 0 Å². The van der Waals surface area contributed by atoms with Crippen LogP contribution in [0.1, 0.15) is 6.92 Å². The highest BCUT2D eigenvalue weighted by molar-refractivity contribution is 5.74. The molecule has 0 aliphatic rings. The summed E-state index contributed by atoms with van der Waals surface area (Å²) in [5.41, 5.74) is 0.929. The molecular weight excluding hydrogens is 136 g/mol. The Bertz CT molecular complexity index is 250. The van der Waals surface area contributed by atoms with E-state index in [9.17, 15) is 0 Å². The Morgan fingerprint density at radius 2 is 2.09 bits per heavy atom. The highest BCUT2D eigenvalue weighted by Gasteiger charge is 1.80. The lowest BCUT2D eigenvalue weighted by Gasteiger charge is -1.87. The van der Waals surface area contributed by atoms with Crippen molar-refractivity contribution in [1.29, 1.82) is 0 Å². The summed E-state index contributed by atoms with van der Waals surface area (Å²) in [6.07, 6.45) is 9.03. The molecule has 0 N–H and O–H groups in total. The second kappa shape index (κ2) is 4.39. The molecule has 0 aliphatic heterocycles. The van der Waals surface area contributed by atoms with Crippen LogP contribution in [0.4, 0.5) is 5.69 Å². The van der Waals surface area contributed by atoms with Crippen LogP contribution in [0, 0.1) is 0 Å². The summed E-state index contributed by atoms with van der Waals surface area (Å²) in [7, 11) is 0. The van der Waals surface area contributed by atoms with Gasteiger partial charge in [-0.15, -0.1) is 0 Å². The number of hydrogen-bond acceptors (Lipinski definition) is 2. The number of allylic oxidation sites excluding steroid dienone is 2. The average Bonchev–Trinajstić information content (AvgIpc) is 2.07. The lowest BCUT2D eigenvalue weighted by molar-refractivity contribution is 1.32. The van der Waals surface area contributed by atoms with Crippen molar-refractivity contribution in [2.45, 2.75) is 6.92 Å². The molecule has 0 unspecified atom stereocenters. The summed E-state index contributed by atoms with van der Waals surface area (Å²) >= 11 is 0. The van der Waals surface area contributed by atoms with Crippen LogP contribution >= 0.6 is 0 Å². The maximum absolute atomic E-state index is 4.14. The maximum Gasteiger partial charge on any atom is 0.0660 e. The first kappa shape index (κ1) is 7.66. The molecule has 0 saturated carbocycles. The second-order valence-electron chi connectivity index (χ2n) is 2.01. The van der Waals surface area contributed by atoms with Crippen molar-refractivity contribution < 1.29 is 0 Å². The molecule has 0 aromatic carbocycles. The summed E-state index contributed by atoms with van der Waals surface area (Å²) in [5.74, 6) is 0. The fourth-order valence-corrected chi connectivity index (χ4v) is 0.645. The van der Waals surface area contributed by atoms with E-state index < -0.39 is 0 Å². The third-order valence-electron chi connectivity index (χ3n) is 1.16. The monoisotopic (exact) mass is 146 g/mol. The molecule has 1 aromatic rings. The van der Waals surface area contributed by atoms with Crippen LogP contribution in [0.15, 0.2) is 41.7 Å². The van der Waals surface area contributed by atoms with Crippen LogP contribution in [-0.4, -0.2) is 11.2 Å². The van der Waals surface area contributed by atoms with Gasteiger partial charge >= 0.3 is 0 Å². The maximum atomic E-state index is 4.14. The number of hydrogen-bond donors (Lipinski definition) is 0. The molecule has 0 bridgehead atoms. The zero-order valence-electron chi connectivity index (χ0n) is 6.44. The van der Waals surface area contributed by atoms with E-state index in [0.717, 1.165) is 5.69 Å². The summed E-state index contributed by atoms with van der Waals surface area (Å²) in [6, 6.07) is 3.72. The van der Waals surface area contributed by atoms with Gasteiger partial charge in [0, 0.05) is 18.6 Å². The Balaban J connectivity index is 2.64. The summed E-state index contributed by atoms with van der Waals surface area (Å²) in [6.45, 7) is 1.96. The van der Waals surface area contributed by atoms with Gasteiger partial charge in [0.05, 0.1) is 5.69 Å². The van der Waals surface area contributed by atoms with E-state index in [1.807, 2.05) is 31.2 Å². The molecule has 1 aromatic heterocycles. The number of rotatable bonds is 2. The van der Waals surface area contributed by atoms with Gasteiger partial charge in [-0.25, -0.2) is 0 Å². The average molecular weight is 146 g/mol. The van der Waals surface area contributed by atoms with Crippen LogP contribution in [0.25, 0.3) is 0 Å². The van der Waals surface area contributed by atoms with Crippen molar-refractivity contribution in [2.24, 2.45) is 4.99 Å². The first-order valence-corrected chi connectivity index (χ1v) is 3.49. The topological polar surface area (TPSA) is 25.2 Å². The minimum atomic E-state index is 0.929. The quantitative estimate of drug-likeness (QED) is 0.588. The van der Waals surface area contributed by atoms with Crippen molar-refractivity contribution in [3.05, 3.63) is 36.7 Å². The van der Waals surface area contributed by atoms with E-state index in [1.54, 1.807) is 18.6 Å². The molecule has 1 heterocycles. The summed E-state index contributed by atoms with van der Waals surface area (Å²) < 4.78 is 0. The minimum Gasteiger partial charge on any atom is -0.265 e. The number of aromatic nitrogens is 1. The predicted molar refractivity (Wildman–Crippen MR) is 47.2 cm³/mol. The molecule has 56 valence electrons. The van der Waals surface area contributed by atoms with Gasteiger partial charge in [-0.1, -0.05) is 6.08 Å². The molecule has 0 fully saturated rings. The smallest absolute Gasteiger partial charge is 0.0660 e. The van der Waals surface area contributed by atoms with E-state index in [1.165, 1.54) is 0 Å². The highest BCUT2D eigenvalue weighted by Crippen LogP contribution is 2.06. The van der Waals surface area contributed by atoms with Crippen molar-refractivity contribution in [3.8, 4) is 0 Å². The summed E-state index contributed by atoms with van der Waals surface area (Å²) in [5, 5.41) is 0. The van der Waals surface area contributed by atoms with Crippen molar-refractivity contribution >= 4 is 11.9 Å². The van der Waals surface area contributed by atoms with E-state index in [2.05, 4.69) is 9.98 Å². The molecular formula is C9H10N2. The molecule has 11 heavy (non-hydrogen) atoms. The SMILES string of the molecule is C/C=C\C=Nc1ccncc1. The molecule has 2 nitrogen and oxygen atoms in total. The van der Waals surface area contributed by atoms with Gasteiger partial charge in [-0.2, -0.15) is 0 Å². The Labute approximate surface area is 66.3 Å². The second-order valence-corrected chi connectivity index (χ2v) is 2.01. The largest absolute Gasteiger partial charge is 0.265 e. The first-order valence-electron chi connectivity index (χ1n) is 3.49. The molecule has 0 spiro atoms. The van der Waals surface area contributed by atoms with Gasteiger partial charge < -0.3 is 0 Å². The fraction of sp³-hybridized carbons (Fsp3) is 0.111. The van der Waals surface area contributed by atoms with E-state index in [4.69, 9.17) is 0 Å².